The van der Waals surface area contributed by atoms with E-state index in [9.17, 15) is 5.11 Å². The Morgan fingerprint density at radius 1 is 1.32 bits per heavy atom. The second-order valence-electron chi connectivity index (χ2n) is 5.63. The van der Waals surface area contributed by atoms with Gasteiger partial charge < -0.3 is 9.84 Å². The highest BCUT2D eigenvalue weighted by Crippen LogP contribution is 2.31. The minimum atomic E-state index is -0.278. The number of fused-ring (bicyclic) bond motifs is 1. The third-order valence-electron chi connectivity index (χ3n) is 3.34. The summed E-state index contributed by atoms with van der Waals surface area (Å²) < 4.78 is 5.83. The van der Waals surface area contributed by atoms with E-state index in [1.54, 1.807) is 0 Å². The largest absolute Gasteiger partial charge is 0.392 e. The van der Waals surface area contributed by atoms with E-state index in [1.165, 1.54) is 11.1 Å². The van der Waals surface area contributed by atoms with Gasteiger partial charge in [-0.2, -0.15) is 11.8 Å². The molecule has 0 saturated carbocycles. The summed E-state index contributed by atoms with van der Waals surface area (Å²) in [5.41, 5.74) is 2.64. The van der Waals surface area contributed by atoms with Crippen molar-refractivity contribution in [3.05, 3.63) is 35.4 Å². The second-order valence-corrected chi connectivity index (χ2v) is 6.70. The van der Waals surface area contributed by atoms with Crippen molar-refractivity contribution in [1.29, 1.82) is 0 Å². The summed E-state index contributed by atoms with van der Waals surface area (Å²) in [7, 11) is 0. The highest BCUT2D eigenvalue weighted by atomic mass is 32.2. The van der Waals surface area contributed by atoms with Crippen LogP contribution >= 0.6 is 11.8 Å². The van der Waals surface area contributed by atoms with Crippen LogP contribution in [0, 0.1) is 5.92 Å². The highest BCUT2D eigenvalue weighted by Gasteiger charge is 2.23. The number of thioether (sulfide) groups is 1. The quantitative estimate of drug-likeness (QED) is 0.865. The predicted molar refractivity (Wildman–Crippen MR) is 81.6 cm³/mol. The smallest absolute Gasteiger partial charge is 0.0852 e. The molecule has 0 bridgehead atoms. The summed E-state index contributed by atoms with van der Waals surface area (Å²) in [5, 5.41) is 10.1. The van der Waals surface area contributed by atoms with Crippen LogP contribution in [-0.4, -0.2) is 29.3 Å². The van der Waals surface area contributed by atoms with Gasteiger partial charge in [-0.25, -0.2) is 0 Å². The van der Waals surface area contributed by atoms with Crippen molar-refractivity contribution in [3.63, 3.8) is 0 Å². The van der Waals surface area contributed by atoms with E-state index >= 15 is 0 Å². The van der Waals surface area contributed by atoms with Gasteiger partial charge >= 0.3 is 0 Å². The normalized spacial score (nSPS) is 20.3. The average Bonchev–Trinajstić information content (AvgIpc) is 2.39. The summed E-state index contributed by atoms with van der Waals surface area (Å²) in [6, 6.07) is 8.44. The molecule has 0 aromatic heterocycles. The Bertz CT molecular complexity index is 392. The first-order chi connectivity index (χ1) is 9.16. The van der Waals surface area contributed by atoms with Crippen LogP contribution in [0.25, 0.3) is 0 Å². The predicted octanol–water partition coefficient (Wildman–Crippen LogP) is 3.44. The van der Waals surface area contributed by atoms with Gasteiger partial charge in [-0.05, 0) is 29.2 Å². The molecular formula is C16H24O2S. The number of hydrogen-bond donors (Lipinski definition) is 1. The van der Waals surface area contributed by atoms with Crippen molar-refractivity contribution in [3.8, 4) is 0 Å². The minimum Gasteiger partial charge on any atom is -0.392 e. The average molecular weight is 280 g/mol. The molecule has 2 unspecified atom stereocenters. The molecule has 19 heavy (non-hydrogen) atoms. The topological polar surface area (TPSA) is 29.5 Å². The summed E-state index contributed by atoms with van der Waals surface area (Å²) in [6.45, 7) is 5.19. The zero-order valence-electron chi connectivity index (χ0n) is 11.8. The van der Waals surface area contributed by atoms with Crippen LogP contribution in [0.3, 0.4) is 0 Å². The molecule has 0 radical (unpaired) electrons. The molecule has 0 fully saturated rings. The van der Waals surface area contributed by atoms with Crippen molar-refractivity contribution < 1.29 is 9.84 Å². The van der Waals surface area contributed by atoms with Crippen LogP contribution < -0.4 is 0 Å². The fraction of sp³-hybridized carbons (Fsp3) is 0.625. The molecule has 0 aliphatic carbocycles. The number of aliphatic hydroxyl groups is 1. The number of rotatable bonds is 6. The van der Waals surface area contributed by atoms with Crippen LogP contribution in [-0.2, 0) is 11.2 Å². The first kappa shape index (κ1) is 14.9. The van der Waals surface area contributed by atoms with E-state index in [0.717, 1.165) is 24.5 Å². The Morgan fingerprint density at radius 2 is 2.11 bits per heavy atom. The Hall–Kier alpha value is -0.510. The lowest BCUT2D eigenvalue weighted by Gasteiger charge is -2.27. The van der Waals surface area contributed by atoms with Crippen LogP contribution in [0.4, 0.5) is 0 Å². The van der Waals surface area contributed by atoms with Gasteiger partial charge in [0.05, 0.1) is 18.8 Å². The van der Waals surface area contributed by atoms with E-state index in [4.69, 9.17) is 4.74 Å². The summed E-state index contributed by atoms with van der Waals surface area (Å²) in [5.74, 6) is 2.60. The number of benzene rings is 1. The standard InChI is InChI=1S/C16H24O2S/c1-12(2)10-19-11-14(17)9-16-15-6-4-3-5-13(15)7-8-18-16/h3-6,12,14,16-17H,7-11H2,1-2H3. The third-order valence-corrected chi connectivity index (χ3v) is 4.86. The lowest BCUT2D eigenvalue weighted by molar-refractivity contribution is 0.00946. The number of ether oxygens (including phenoxy) is 1. The zero-order chi connectivity index (χ0) is 13.7. The van der Waals surface area contributed by atoms with Crippen LogP contribution in [0.5, 0.6) is 0 Å². The monoisotopic (exact) mass is 280 g/mol. The molecule has 3 heteroatoms. The van der Waals surface area contributed by atoms with Gasteiger partial charge in [-0.1, -0.05) is 38.1 Å². The molecule has 1 aromatic rings. The Balaban J connectivity index is 1.86. The van der Waals surface area contributed by atoms with Gasteiger partial charge in [0.25, 0.3) is 0 Å². The molecule has 2 rings (SSSR count). The second kappa shape index (κ2) is 7.32. The molecule has 1 aliphatic rings. The molecule has 1 heterocycles. The number of hydrogen-bond acceptors (Lipinski definition) is 3. The highest BCUT2D eigenvalue weighted by molar-refractivity contribution is 7.99. The fourth-order valence-electron chi connectivity index (χ4n) is 2.43. The molecule has 1 N–H and O–H groups in total. The Labute approximate surface area is 120 Å². The Morgan fingerprint density at radius 3 is 2.89 bits per heavy atom. The van der Waals surface area contributed by atoms with Crippen LogP contribution in [0.2, 0.25) is 0 Å². The summed E-state index contributed by atoms with van der Waals surface area (Å²) >= 11 is 1.83. The lowest BCUT2D eigenvalue weighted by Crippen LogP contribution is -2.22. The first-order valence-electron chi connectivity index (χ1n) is 7.12. The van der Waals surface area contributed by atoms with E-state index in [0.29, 0.717) is 12.3 Å². The summed E-state index contributed by atoms with van der Waals surface area (Å²) in [6.07, 6.45) is 1.49. The van der Waals surface area contributed by atoms with Crippen molar-refractivity contribution in [2.45, 2.75) is 38.9 Å². The minimum absolute atomic E-state index is 0.0691. The number of aliphatic hydroxyl groups excluding tert-OH is 1. The molecular weight excluding hydrogens is 256 g/mol. The van der Waals surface area contributed by atoms with E-state index < -0.39 is 0 Å². The maximum atomic E-state index is 10.1. The zero-order valence-corrected chi connectivity index (χ0v) is 12.7. The molecule has 1 aliphatic heterocycles. The van der Waals surface area contributed by atoms with Crippen molar-refractivity contribution >= 4 is 11.8 Å². The SMILES string of the molecule is CC(C)CSCC(O)CC1OCCc2ccccc21. The van der Waals surface area contributed by atoms with Gasteiger partial charge in [0.2, 0.25) is 0 Å². The van der Waals surface area contributed by atoms with Crippen LogP contribution in [0.15, 0.2) is 24.3 Å². The van der Waals surface area contributed by atoms with Crippen molar-refractivity contribution in [1.82, 2.24) is 0 Å². The van der Waals surface area contributed by atoms with E-state index in [1.807, 2.05) is 11.8 Å². The van der Waals surface area contributed by atoms with Gasteiger partial charge in [0.15, 0.2) is 0 Å². The molecule has 2 atom stereocenters. The van der Waals surface area contributed by atoms with Gasteiger partial charge in [-0.15, -0.1) is 0 Å². The summed E-state index contributed by atoms with van der Waals surface area (Å²) in [4.78, 5) is 0. The molecule has 0 amide bonds. The van der Waals surface area contributed by atoms with Crippen LogP contribution in [0.1, 0.15) is 37.5 Å². The molecule has 2 nitrogen and oxygen atoms in total. The molecule has 106 valence electrons. The first-order valence-corrected chi connectivity index (χ1v) is 8.27. The van der Waals surface area contributed by atoms with Gasteiger partial charge in [0.1, 0.15) is 0 Å². The van der Waals surface area contributed by atoms with Gasteiger partial charge in [-0.3, -0.25) is 0 Å². The fourth-order valence-corrected chi connectivity index (χ4v) is 3.44. The molecule has 0 spiro atoms. The van der Waals surface area contributed by atoms with Crippen molar-refractivity contribution in [2.24, 2.45) is 5.92 Å². The van der Waals surface area contributed by atoms with E-state index in [2.05, 4.69) is 38.1 Å². The third kappa shape index (κ3) is 4.51. The van der Waals surface area contributed by atoms with Gasteiger partial charge in [0, 0.05) is 12.2 Å². The van der Waals surface area contributed by atoms with E-state index in [-0.39, 0.29) is 12.2 Å². The molecule has 1 aromatic carbocycles. The Kier molecular flexibility index (Phi) is 5.74. The van der Waals surface area contributed by atoms with Crippen molar-refractivity contribution in [2.75, 3.05) is 18.1 Å². The lowest BCUT2D eigenvalue weighted by atomic mass is 9.94. The molecule has 0 saturated heterocycles. The maximum absolute atomic E-state index is 10.1. The maximum Gasteiger partial charge on any atom is 0.0852 e.